The summed E-state index contributed by atoms with van der Waals surface area (Å²) in [5, 5.41) is 12.1. The third-order valence-corrected chi connectivity index (χ3v) is 3.71. The van der Waals surface area contributed by atoms with Gasteiger partial charge < -0.3 is 10.4 Å². The van der Waals surface area contributed by atoms with Crippen molar-refractivity contribution < 1.29 is 14.7 Å². The molecule has 2 rings (SSSR count). The van der Waals surface area contributed by atoms with Crippen LogP contribution in [0.15, 0.2) is 48.5 Å². The fourth-order valence-corrected chi connectivity index (χ4v) is 2.63. The van der Waals surface area contributed by atoms with Crippen molar-refractivity contribution in [3.05, 3.63) is 69.7 Å². The normalized spacial score (nSPS) is 11.7. The van der Waals surface area contributed by atoms with Crippen molar-refractivity contribution in [1.29, 1.82) is 0 Å². The average Bonchev–Trinajstić information content (AvgIpc) is 2.47. The zero-order valence-corrected chi connectivity index (χ0v) is 12.9. The van der Waals surface area contributed by atoms with Gasteiger partial charge in [0.15, 0.2) is 0 Å². The van der Waals surface area contributed by atoms with E-state index in [4.69, 9.17) is 28.3 Å². The lowest BCUT2D eigenvalue weighted by Crippen LogP contribution is -2.30. The predicted molar refractivity (Wildman–Crippen MR) is 85.4 cm³/mol. The molecule has 0 aliphatic carbocycles. The molecule has 114 valence electrons. The molecule has 0 fully saturated rings. The molecule has 2 aromatic carbocycles. The van der Waals surface area contributed by atoms with Crippen LogP contribution in [0.5, 0.6) is 0 Å². The second-order valence-corrected chi connectivity index (χ2v) is 5.45. The maximum atomic E-state index is 12.4. The Bertz CT molecular complexity index is 669. The van der Waals surface area contributed by atoms with Crippen molar-refractivity contribution in [3.63, 3.8) is 0 Å². The standard InChI is InChI=1S/C16H13Cl2NO3/c17-11-7-4-8-12(18)15(11)16(22)19-13(9-14(20)21)10-5-2-1-3-6-10/h1-8,13H,9H2,(H,19,22)(H,20,21). The summed E-state index contributed by atoms with van der Waals surface area (Å²) in [6.07, 6.45) is -0.238. The van der Waals surface area contributed by atoms with Gasteiger partial charge in [0.2, 0.25) is 0 Å². The largest absolute Gasteiger partial charge is 0.481 e. The summed E-state index contributed by atoms with van der Waals surface area (Å²) in [6, 6.07) is 12.9. The minimum atomic E-state index is -1.01. The summed E-state index contributed by atoms with van der Waals surface area (Å²) >= 11 is 12.0. The molecule has 0 heterocycles. The molecular weight excluding hydrogens is 325 g/mol. The van der Waals surface area contributed by atoms with Crippen LogP contribution in [0.2, 0.25) is 10.0 Å². The van der Waals surface area contributed by atoms with Crippen LogP contribution in [0.25, 0.3) is 0 Å². The molecular formula is C16H13Cl2NO3. The van der Waals surface area contributed by atoms with Gasteiger partial charge in [-0.3, -0.25) is 9.59 Å². The van der Waals surface area contributed by atoms with E-state index in [0.29, 0.717) is 5.56 Å². The quantitative estimate of drug-likeness (QED) is 0.868. The fraction of sp³-hybridized carbons (Fsp3) is 0.125. The van der Waals surface area contributed by atoms with Gasteiger partial charge in [0, 0.05) is 0 Å². The molecule has 1 amide bonds. The molecule has 2 N–H and O–H groups in total. The minimum Gasteiger partial charge on any atom is -0.481 e. The predicted octanol–water partition coefficient (Wildman–Crippen LogP) is 3.94. The Labute approximate surface area is 137 Å². The minimum absolute atomic E-state index is 0.136. The maximum absolute atomic E-state index is 12.4. The Kier molecular flexibility index (Phi) is 5.41. The van der Waals surface area contributed by atoms with Crippen molar-refractivity contribution >= 4 is 35.1 Å². The van der Waals surface area contributed by atoms with Crippen LogP contribution < -0.4 is 5.32 Å². The zero-order valence-electron chi connectivity index (χ0n) is 11.4. The van der Waals surface area contributed by atoms with Crippen molar-refractivity contribution in [1.82, 2.24) is 5.32 Å². The van der Waals surface area contributed by atoms with Gasteiger partial charge in [0.1, 0.15) is 0 Å². The molecule has 0 bridgehead atoms. The molecule has 0 radical (unpaired) electrons. The van der Waals surface area contributed by atoms with Crippen molar-refractivity contribution in [2.45, 2.75) is 12.5 Å². The number of aliphatic carboxylic acids is 1. The van der Waals surface area contributed by atoms with Crippen LogP contribution in [0.3, 0.4) is 0 Å². The van der Waals surface area contributed by atoms with Crippen LogP contribution >= 0.6 is 23.2 Å². The first-order valence-corrected chi connectivity index (χ1v) is 7.26. The molecule has 0 aromatic heterocycles. The Morgan fingerprint density at radius 1 is 1.00 bits per heavy atom. The number of amides is 1. The van der Waals surface area contributed by atoms with E-state index in [0.717, 1.165) is 0 Å². The first-order valence-electron chi connectivity index (χ1n) is 6.50. The van der Waals surface area contributed by atoms with Crippen molar-refractivity contribution in [2.75, 3.05) is 0 Å². The van der Waals surface area contributed by atoms with E-state index in [2.05, 4.69) is 5.32 Å². The second kappa shape index (κ2) is 7.29. The van der Waals surface area contributed by atoms with Gasteiger partial charge in [-0.25, -0.2) is 0 Å². The van der Waals surface area contributed by atoms with Crippen LogP contribution in [-0.4, -0.2) is 17.0 Å². The van der Waals surface area contributed by atoms with E-state index >= 15 is 0 Å². The van der Waals surface area contributed by atoms with E-state index in [9.17, 15) is 9.59 Å². The highest BCUT2D eigenvalue weighted by molar-refractivity contribution is 6.39. The van der Waals surface area contributed by atoms with E-state index in [1.165, 1.54) is 0 Å². The van der Waals surface area contributed by atoms with Gasteiger partial charge in [0.05, 0.1) is 28.1 Å². The van der Waals surface area contributed by atoms with E-state index < -0.39 is 17.9 Å². The number of carboxylic acid groups (broad SMARTS) is 1. The number of carbonyl (C=O) groups is 2. The Balaban J connectivity index is 2.27. The molecule has 4 nitrogen and oxygen atoms in total. The molecule has 2 aromatic rings. The molecule has 1 atom stereocenters. The van der Waals surface area contributed by atoms with Gasteiger partial charge in [-0.15, -0.1) is 0 Å². The number of carbonyl (C=O) groups excluding carboxylic acids is 1. The van der Waals surface area contributed by atoms with Crippen LogP contribution in [-0.2, 0) is 4.79 Å². The first-order chi connectivity index (χ1) is 10.5. The summed E-state index contributed by atoms with van der Waals surface area (Å²) in [6.45, 7) is 0. The maximum Gasteiger partial charge on any atom is 0.305 e. The lowest BCUT2D eigenvalue weighted by molar-refractivity contribution is -0.137. The number of benzene rings is 2. The Morgan fingerprint density at radius 2 is 1.59 bits per heavy atom. The van der Waals surface area contributed by atoms with Crippen LogP contribution in [0, 0.1) is 0 Å². The molecule has 6 heteroatoms. The molecule has 0 aliphatic heterocycles. The van der Waals surface area contributed by atoms with Gasteiger partial charge in [-0.05, 0) is 17.7 Å². The first kappa shape index (κ1) is 16.3. The number of carboxylic acids is 1. The van der Waals surface area contributed by atoms with Gasteiger partial charge in [-0.2, -0.15) is 0 Å². The smallest absolute Gasteiger partial charge is 0.305 e. The van der Waals surface area contributed by atoms with Crippen LogP contribution in [0.4, 0.5) is 0 Å². The third-order valence-electron chi connectivity index (χ3n) is 3.08. The van der Waals surface area contributed by atoms with Crippen molar-refractivity contribution in [2.24, 2.45) is 0 Å². The van der Waals surface area contributed by atoms with E-state index in [-0.39, 0.29) is 22.0 Å². The summed E-state index contributed by atoms with van der Waals surface area (Å²) in [5.41, 5.74) is 0.832. The molecule has 22 heavy (non-hydrogen) atoms. The van der Waals surface area contributed by atoms with Gasteiger partial charge >= 0.3 is 5.97 Å². The zero-order chi connectivity index (χ0) is 16.1. The third kappa shape index (κ3) is 4.00. The fourth-order valence-electron chi connectivity index (χ4n) is 2.06. The number of rotatable bonds is 5. The lowest BCUT2D eigenvalue weighted by Gasteiger charge is -2.18. The highest BCUT2D eigenvalue weighted by Crippen LogP contribution is 2.25. The Morgan fingerprint density at radius 3 is 2.14 bits per heavy atom. The number of hydrogen-bond donors (Lipinski definition) is 2. The number of hydrogen-bond acceptors (Lipinski definition) is 2. The molecule has 1 unspecified atom stereocenters. The van der Waals surface area contributed by atoms with Gasteiger partial charge in [-0.1, -0.05) is 59.6 Å². The summed E-state index contributed by atoms with van der Waals surface area (Å²) < 4.78 is 0. The van der Waals surface area contributed by atoms with Crippen molar-refractivity contribution in [3.8, 4) is 0 Å². The summed E-state index contributed by atoms with van der Waals surface area (Å²) in [5.74, 6) is -1.52. The highest BCUT2D eigenvalue weighted by Gasteiger charge is 2.21. The van der Waals surface area contributed by atoms with E-state index in [1.807, 2.05) is 6.07 Å². The topological polar surface area (TPSA) is 66.4 Å². The Hall–Kier alpha value is -2.04. The average molecular weight is 338 g/mol. The van der Waals surface area contributed by atoms with Crippen LogP contribution in [0.1, 0.15) is 28.4 Å². The lowest BCUT2D eigenvalue weighted by atomic mass is 10.0. The van der Waals surface area contributed by atoms with E-state index in [1.54, 1.807) is 42.5 Å². The monoisotopic (exact) mass is 337 g/mol. The molecule has 0 saturated heterocycles. The molecule has 0 spiro atoms. The highest BCUT2D eigenvalue weighted by atomic mass is 35.5. The van der Waals surface area contributed by atoms with Gasteiger partial charge in [0.25, 0.3) is 5.91 Å². The SMILES string of the molecule is O=C(O)CC(NC(=O)c1c(Cl)cccc1Cl)c1ccccc1. The summed E-state index contributed by atoms with van der Waals surface area (Å²) in [7, 11) is 0. The number of halogens is 2. The number of nitrogens with one attached hydrogen (secondary N) is 1. The second-order valence-electron chi connectivity index (χ2n) is 4.63. The summed E-state index contributed by atoms with van der Waals surface area (Å²) in [4.78, 5) is 23.4. The molecule has 0 saturated carbocycles. The molecule has 0 aliphatic rings.